The van der Waals surface area contributed by atoms with E-state index in [0.29, 0.717) is 0 Å². The molecule has 0 spiro atoms. The van der Waals surface area contributed by atoms with Crippen molar-refractivity contribution < 1.29 is 21.2 Å². The molecule has 0 aliphatic rings. The van der Waals surface area contributed by atoms with Crippen molar-refractivity contribution in [3.63, 3.8) is 0 Å². The highest BCUT2D eigenvalue weighted by Crippen LogP contribution is 2.20. The topological polar surface area (TPSA) is 106 Å². The molecule has 3 N–H and O–H groups in total. The number of halogens is 1. The van der Waals surface area contributed by atoms with E-state index in [-0.39, 0.29) is 34.9 Å². The summed E-state index contributed by atoms with van der Waals surface area (Å²) in [6.45, 7) is 1.39. The van der Waals surface area contributed by atoms with Crippen LogP contribution in [0.3, 0.4) is 0 Å². The Morgan fingerprint density at radius 2 is 1.85 bits per heavy atom. The molecule has 1 aromatic rings. The molecule has 0 amide bonds. The van der Waals surface area contributed by atoms with E-state index in [0.717, 1.165) is 12.3 Å². The van der Waals surface area contributed by atoms with Crippen molar-refractivity contribution in [2.75, 3.05) is 24.3 Å². The fourth-order valence-corrected chi connectivity index (χ4v) is 3.40. The first-order valence-corrected chi connectivity index (χ1v) is 9.30. The molecule has 0 aromatic heterocycles. The standard InChI is InChI=1S/C11H17FN2O4S2/c1-8-6-9(7-10(13)11(8)12)20(17,18)14-4-3-5-19(2,15)16/h6-7,14H,3-5,13H2,1-2H3. The van der Waals surface area contributed by atoms with E-state index in [9.17, 15) is 21.2 Å². The Morgan fingerprint density at radius 3 is 2.35 bits per heavy atom. The highest BCUT2D eigenvalue weighted by atomic mass is 32.2. The van der Waals surface area contributed by atoms with Gasteiger partial charge in [-0.2, -0.15) is 0 Å². The Morgan fingerprint density at radius 1 is 1.25 bits per heavy atom. The number of hydrogen-bond donors (Lipinski definition) is 2. The molecule has 0 atom stereocenters. The maximum absolute atomic E-state index is 13.3. The number of anilines is 1. The molecule has 9 heteroatoms. The average molecular weight is 324 g/mol. The van der Waals surface area contributed by atoms with E-state index in [1.54, 1.807) is 0 Å². The summed E-state index contributed by atoms with van der Waals surface area (Å²) in [5, 5.41) is 0. The predicted molar refractivity (Wildman–Crippen MR) is 75.1 cm³/mol. The average Bonchev–Trinajstić information content (AvgIpc) is 2.30. The van der Waals surface area contributed by atoms with Crippen LogP contribution in [0.4, 0.5) is 10.1 Å². The van der Waals surface area contributed by atoms with Gasteiger partial charge in [-0.1, -0.05) is 0 Å². The first-order valence-electron chi connectivity index (χ1n) is 5.76. The van der Waals surface area contributed by atoms with Gasteiger partial charge in [-0.05, 0) is 31.0 Å². The third kappa shape index (κ3) is 4.73. The second kappa shape index (κ2) is 6.06. The highest BCUT2D eigenvalue weighted by Gasteiger charge is 2.17. The van der Waals surface area contributed by atoms with Crippen molar-refractivity contribution in [3.05, 3.63) is 23.5 Å². The van der Waals surface area contributed by atoms with Crippen LogP contribution in [0.2, 0.25) is 0 Å². The molecule has 1 aromatic carbocycles. The van der Waals surface area contributed by atoms with Crippen molar-refractivity contribution in [1.29, 1.82) is 0 Å². The van der Waals surface area contributed by atoms with Gasteiger partial charge < -0.3 is 5.73 Å². The summed E-state index contributed by atoms with van der Waals surface area (Å²) in [6.07, 6.45) is 1.24. The van der Waals surface area contributed by atoms with Crippen LogP contribution >= 0.6 is 0 Å². The number of nitrogens with two attached hydrogens (primary N) is 1. The summed E-state index contributed by atoms with van der Waals surface area (Å²) in [5.74, 6) is -0.763. The highest BCUT2D eigenvalue weighted by molar-refractivity contribution is 7.90. The van der Waals surface area contributed by atoms with Gasteiger partial charge >= 0.3 is 0 Å². The molecule has 0 aliphatic heterocycles. The smallest absolute Gasteiger partial charge is 0.240 e. The number of rotatable bonds is 6. The quantitative estimate of drug-likeness (QED) is 0.583. The molecular formula is C11H17FN2O4S2. The number of hydrogen-bond acceptors (Lipinski definition) is 5. The van der Waals surface area contributed by atoms with Gasteiger partial charge in [0.1, 0.15) is 15.7 Å². The van der Waals surface area contributed by atoms with Crippen LogP contribution in [-0.4, -0.2) is 35.4 Å². The molecule has 20 heavy (non-hydrogen) atoms. The van der Waals surface area contributed by atoms with Crippen LogP contribution in [0.1, 0.15) is 12.0 Å². The van der Waals surface area contributed by atoms with Crippen molar-refractivity contribution in [3.8, 4) is 0 Å². The molecule has 0 saturated heterocycles. The molecule has 114 valence electrons. The fourth-order valence-electron chi connectivity index (χ4n) is 1.54. The molecule has 6 nitrogen and oxygen atoms in total. The molecule has 0 saturated carbocycles. The van der Waals surface area contributed by atoms with Crippen molar-refractivity contribution in [1.82, 2.24) is 4.72 Å². The predicted octanol–water partition coefficient (Wildman–Crippen LogP) is 0.429. The van der Waals surface area contributed by atoms with Gasteiger partial charge in [0.25, 0.3) is 0 Å². The Hall–Kier alpha value is -1.19. The number of aryl methyl sites for hydroxylation is 1. The lowest BCUT2D eigenvalue weighted by Gasteiger charge is -2.09. The molecule has 0 fully saturated rings. The Balaban J connectivity index is 2.80. The Bertz CT molecular complexity index is 676. The number of sulfonamides is 1. The molecular weight excluding hydrogens is 307 g/mol. The Kier molecular flexibility index (Phi) is 5.11. The lowest BCUT2D eigenvalue weighted by molar-refractivity contribution is 0.576. The van der Waals surface area contributed by atoms with Gasteiger partial charge in [0.15, 0.2) is 0 Å². The van der Waals surface area contributed by atoms with Crippen LogP contribution in [-0.2, 0) is 19.9 Å². The van der Waals surface area contributed by atoms with Gasteiger partial charge in [0.2, 0.25) is 10.0 Å². The molecule has 0 heterocycles. The summed E-state index contributed by atoms with van der Waals surface area (Å²) in [4.78, 5) is -0.145. The summed E-state index contributed by atoms with van der Waals surface area (Å²) < 4.78 is 61.3. The number of nitrogens with one attached hydrogen (secondary N) is 1. The van der Waals surface area contributed by atoms with Crippen molar-refractivity contribution in [2.45, 2.75) is 18.2 Å². The number of nitrogen functional groups attached to an aromatic ring is 1. The molecule has 1 rings (SSSR count). The normalized spacial score (nSPS) is 12.6. The molecule has 0 aliphatic carbocycles. The van der Waals surface area contributed by atoms with Gasteiger partial charge in [-0.25, -0.2) is 25.9 Å². The van der Waals surface area contributed by atoms with E-state index in [2.05, 4.69) is 4.72 Å². The first-order chi connectivity index (χ1) is 9.03. The zero-order chi connectivity index (χ0) is 15.6. The minimum Gasteiger partial charge on any atom is -0.396 e. The largest absolute Gasteiger partial charge is 0.396 e. The third-order valence-corrected chi connectivity index (χ3v) is 5.02. The van der Waals surface area contributed by atoms with E-state index in [4.69, 9.17) is 5.73 Å². The minimum atomic E-state index is -3.83. The van der Waals surface area contributed by atoms with Crippen LogP contribution < -0.4 is 10.5 Å². The lowest BCUT2D eigenvalue weighted by Crippen LogP contribution is -2.26. The third-order valence-electron chi connectivity index (χ3n) is 2.55. The summed E-state index contributed by atoms with van der Waals surface area (Å²) in [6, 6.07) is 2.20. The van der Waals surface area contributed by atoms with Crippen molar-refractivity contribution in [2.24, 2.45) is 0 Å². The van der Waals surface area contributed by atoms with Crippen LogP contribution in [0.15, 0.2) is 17.0 Å². The molecule has 0 unspecified atom stereocenters. The summed E-state index contributed by atoms with van der Waals surface area (Å²) >= 11 is 0. The van der Waals surface area contributed by atoms with E-state index < -0.39 is 25.7 Å². The monoisotopic (exact) mass is 324 g/mol. The van der Waals surface area contributed by atoms with E-state index in [1.165, 1.54) is 13.0 Å². The van der Waals surface area contributed by atoms with Crippen LogP contribution in [0.25, 0.3) is 0 Å². The zero-order valence-electron chi connectivity index (χ0n) is 11.2. The maximum atomic E-state index is 13.3. The number of benzene rings is 1. The van der Waals surface area contributed by atoms with Crippen LogP contribution in [0, 0.1) is 12.7 Å². The minimum absolute atomic E-state index is 0.0221. The fraction of sp³-hybridized carbons (Fsp3) is 0.455. The van der Waals surface area contributed by atoms with Gasteiger partial charge in [0.05, 0.1) is 16.3 Å². The van der Waals surface area contributed by atoms with E-state index >= 15 is 0 Å². The molecule has 0 radical (unpaired) electrons. The first kappa shape index (κ1) is 16.9. The van der Waals surface area contributed by atoms with Crippen molar-refractivity contribution >= 4 is 25.5 Å². The lowest BCUT2D eigenvalue weighted by atomic mass is 10.2. The summed E-state index contributed by atoms with van der Waals surface area (Å²) in [5.41, 5.74) is 5.26. The van der Waals surface area contributed by atoms with Gasteiger partial charge in [-0.3, -0.25) is 0 Å². The second-order valence-corrected chi connectivity index (χ2v) is 8.55. The zero-order valence-corrected chi connectivity index (χ0v) is 12.8. The van der Waals surface area contributed by atoms with Crippen LogP contribution in [0.5, 0.6) is 0 Å². The van der Waals surface area contributed by atoms with Gasteiger partial charge in [-0.15, -0.1) is 0 Å². The van der Waals surface area contributed by atoms with E-state index in [1.807, 2.05) is 0 Å². The maximum Gasteiger partial charge on any atom is 0.240 e. The summed E-state index contributed by atoms with van der Waals surface area (Å²) in [7, 11) is -6.96. The SMILES string of the molecule is Cc1cc(S(=O)(=O)NCCCS(C)(=O)=O)cc(N)c1F. The second-order valence-electron chi connectivity index (χ2n) is 4.52. The number of sulfone groups is 1. The van der Waals surface area contributed by atoms with Gasteiger partial charge in [0, 0.05) is 12.8 Å². The Labute approximate surface area is 118 Å². The molecule has 0 bridgehead atoms.